The van der Waals surface area contributed by atoms with Crippen molar-refractivity contribution in [2.24, 2.45) is 0 Å². The molecule has 0 saturated carbocycles. The number of halogens is 1. The predicted octanol–water partition coefficient (Wildman–Crippen LogP) is 10.4. The summed E-state index contributed by atoms with van der Waals surface area (Å²) in [5, 5.41) is 0. The molecule has 32 heavy (non-hydrogen) atoms. The highest BCUT2D eigenvalue weighted by atomic mass is 79.9. The summed E-state index contributed by atoms with van der Waals surface area (Å²) in [6, 6.07) is 0. The molecule has 0 unspecified atom stereocenters. The molecule has 190 valence electrons. The topological polar surface area (TPSA) is 0 Å². The van der Waals surface area contributed by atoms with E-state index in [1.807, 2.05) is 0 Å². The van der Waals surface area contributed by atoms with Gasteiger partial charge in [0.1, 0.15) is 6.54 Å². The van der Waals surface area contributed by atoms with Crippen molar-refractivity contribution in [2.75, 3.05) is 26.2 Å². The Hall–Kier alpha value is 0. The molecule has 0 saturated heterocycles. The van der Waals surface area contributed by atoms with E-state index in [4.69, 9.17) is 0 Å². The largest absolute Gasteiger partial charge is 0.313 e. The highest BCUT2D eigenvalue weighted by Crippen LogP contribution is 2.19. The quantitative estimate of drug-likeness (QED) is 0.0647. The van der Waals surface area contributed by atoms with Crippen LogP contribution in [0.5, 0.6) is 0 Å². The second-order valence-electron chi connectivity index (χ2n) is 10.3. The van der Waals surface area contributed by atoms with Crippen molar-refractivity contribution < 1.29 is 4.48 Å². The molecular formula is C30H59BrN+. The number of hydrogen-bond acceptors (Lipinski definition) is 0. The summed E-state index contributed by atoms with van der Waals surface area (Å²) in [7, 11) is 0. The van der Waals surface area contributed by atoms with E-state index >= 15 is 0 Å². The molecular weight excluding hydrogens is 454 g/mol. The monoisotopic (exact) mass is 512 g/mol. The molecule has 0 aromatic rings. The number of rotatable bonds is 25. The van der Waals surface area contributed by atoms with Gasteiger partial charge in [-0.15, -0.1) is 0 Å². The molecule has 0 amide bonds. The Balaban J connectivity index is 4.56. The summed E-state index contributed by atoms with van der Waals surface area (Å²) in [5.41, 5.74) is 0. The van der Waals surface area contributed by atoms with Crippen LogP contribution in [0.25, 0.3) is 0 Å². The summed E-state index contributed by atoms with van der Waals surface area (Å²) in [4.78, 5) is 3.04. The van der Waals surface area contributed by atoms with E-state index in [-0.39, 0.29) is 0 Å². The molecule has 0 spiro atoms. The molecule has 0 aliphatic rings. The summed E-state index contributed by atoms with van der Waals surface area (Å²) >= 11 is 3.38. The Bertz CT molecular complexity index is 377. The fourth-order valence-electron chi connectivity index (χ4n) is 4.98. The molecule has 0 aromatic heterocycles. The maximum atomic E-state index is 3.43. The standard InChI is InChI=1S/C30H59BrN/c1-4-7-10-13-16-19-22-27-32(30-25-26-31,28-23-20-17-14-11-8-5-2)29-24-21-18-15-12-9-6-3/h4-24,27-30H2,1-3H3/q+1. The van der Waals surface area contributed by atoms with Gasteiger partial charge in [-0.2, -0.15) is 0 Å². The zero-order valence-corrected chi connectivity index (χ0v) is 24.1. The van der Waals surface area contributed by atoms with Crippen LogP contribution in [0.4, 0.5) is 0 Å². The Labute approximate surface area is 212 Å². The van der Waals surface area contributed by atoms with Gasteiger partial charge in [0.05, 0.1) is 19.6 Å². The molecule has 0 aliphatic carbocycles. The molecule has 2 heteroatoms. The lowest BCUT2D eigenvalue weighted by Gasteiger charge is -2.38. The third-order valence-electron chi connectivity index (χ3n) is 7.19. The third-order valence-corrected chi connectivity index (χ3v) is 7.47. The predicted molar refractivity (Wildman–Crippen MR) is 150 cm³/mol. The molecule has 0 heterocycles. The minimum absolute atomic E-state index is 1.05. The van der Waals surface area contributed by atoms with Crippen LogP contribution >= 0.6 is 15.9 Å². The maximum Gasteiger partial charge on any atom is 0.141 e. The van der Waals surface area contributed by atoms with Crippen LogP contribution in [-0.4, -0.2) is 30.7 Å². The van der Waals surface area contributed by atoms with E-state index in [2.05, 4.69) is 47.5 Å². The van der Waals surface area contributed by atoms with E-state index in [0.29, 0.717) is 0 Å². The van der Waals surface area contributed by atoms with Crippen LogP contribution in [0, 0.1) is 10.8 Å². The van der Waals surface area contributed by atoms with E-state index in [1.165, 1.54) is 159 Å². The number of hydrogen-bond donors (Lipinski definition) is 0. The highest BCUT2D eigenvalue weighted by Gasteiger charge is 2.25. The SMILES string of the molecule is CCCCCCCCC[N+](CC#CBr)(CCCCCCCCC)CCCCCCCCC. The van der Waals surface area contributed by atoms with Crippen LogP contribution in [0.3, 0.4) is 0 Å². The smallest absolute Gasteiger partial charge is 0.141 e. The van der Waals surface area contributed by atoms with Crippen molar-refractivity contribution in [2.45, 2.75) is 156 Å². The minimum Gasteiger partial charge on any atom is -0.313 e. The zero-order chi connectivity index (χ0) is 23.6. The molecule has 0 aromatic carbocycles. The van der Waals surface area contributed by atoms with Gasteiger partial charge in [-0.3, -0.25) is 0 Å². The van der Waals surface area contributed by atoms with Crippen molar-refractivity contribution in [1.29, 1.82) is 0 Å². The van der Waals surface area contributed by atoms with Crippen LogP contribution in [-0.2, 0) is 0 Å². The van der Waals surface area contributed by atoms with Gasteiger partial charge in [0, 0.05) is 15.9 Å². The van der Waals surface area contributed by atoms with Gasteiger partial charge in [-0.25, -0.2) is 0 Å². The minimum atomic E-state index is 1.05. The van der Waals surface area contributed by atoms with Crippen molar-refractivity contribution in [3.63, 3.8) is 0 Å². The molecule has 0 N–H and O–H groups in total. The Morgan fingerprint density at radius 3 is 1.00 bits per heavy atom. The number of unbranched alkanes of at least 4 members (excludes halogenated alkanes) is 18. The van der Waals surface area contributed by atoms with Gasteiger partial charge in [0.2, 0.25) is 0 Å². The first-order valence-electron chi connectivity index (χ1n) is 14.7. The molecule has 0 rings (SSSR count). The van der Waals surface area contributed by atoms with Gasteiger partial charge in [-0.05, 0) is 49.3 Å². The van der Waals surface area contributed by atoms with Gasteiger partial charge in [0.15, 0.2) is 0 Å². The second kappa shape index (κ2) is 25.6. The van der Waals surface area contributed by atoms with E-state index < -0.39 is 0 Å². The summed E-state index contributed by atoms with van der Waals surface area (Å²) in [6.45, 7) is 12.0. The van der Waals surface area contributed by atoms with Crippen LogP contribution in [0.1, 0.15) is 156 Å². The number of nitrogens with zero attached hydrogens (tertiary/aromatic N) is 1. The van der Waals surface area contributed by atoms with Crippen molar-refractivity contribution in [3.8, 4) is 10.8 Å². The van der Waals surface area contributed by atoms with Crippen molar-refractivity contribution in [1.82, 2.24) is 0 Å². The van der Waals surface area contributed by atoms with E-state index in [0.717, 1.165) is 6.54 Å². The van der Waals surface area contributed by atoms with Gasteiger partial charge >= 0.3 is 0 Å². The van der Waals surface area contributed by atoms with E-state index in [1.54, 1.807) is 0 Å². The lowest BCUT2D eigenvalue weighted by Crippen LogP contribution is -2.50. The number of quaternary nitrogens is 1. The van der Waals surface area contributed by atoms with Gasteiger partial charge in [-0.1, -0.05) is 117 Å². The average Bonchev–Trinajstić information content (AvgIpc) is 2.81. The first-order valence-corrected chi connectivity index (χ1v) is 15.5. The molecule has 0 aliphatic heterocycles. The van der Waals surface area contributed by atoms with Crippen LogP contribution < -0.4 is 0 Å². The molecule has 0 fully saturated rings. The summed E-state index contributed by atoms with van der Waals surface area (Å²) in [5.74, 6) is 3.43. The Kier molecular flexibility index (Phi) is 25.6. The fraction of sp³-hybridized carbons (Fsp3) is 0.933. The molecule has 0 radical (unpaired) electrons. The third kappa shape index (κ3) is 20.6. The first-order chi connectivity index (χ1) is 15.7. The molecule has 1 nitrogen and oxygen atoms in total. The van der Waals surface area contributed by atoms with Gasteiger partial charge in [0.25, 0.3) is 0 Å². The molecule has 0 bridgehead atoms. The maximum absolute atomic E-state index is 3.43. The second-order valence-corrected chi connectivity index (χ2v) is 10.7. The van der Waals surface area contributed by atoms with Crippen molar-refractivity contribution in [3.05, 3.63) is 0 Å². The highest BCUT2D eigenvalue weighted by molar-refractivity contribution is 9.12. The zero-order valence-electron chi connectivity index (χ0n) is 22.5. The first kappa shape index (κ1) is 32.0. The lowest BCUT2D eigenvalue weighted by molar-refractivity contribution is -0.922. The van der Waals surface area contributed by atoms with Crippen molar-refractivity contribution >= 4 is 15.9 Å². The summed E-state index contributed by atoms with van der Waals surface area (Å²) < 4.78 is 1.26. The fourth-order valence-corrected chi connectivity index (χ4v) is 5.11. The van der Waals surface area contributed by atoms with Crippen LogP contribution in [0.2, 0.25) is 0 Å². The Morgan fingerprint density at radius 2 is 0.719 bits per heavy atom. The normalized spacial score (nSPS) is 11.5. The lowest BCUT2D eigenvalue weighted by atomic mass is 10.1. The van der Waals surface area contributed by atoms with Gasteiger partial charge < -0.3 is 4.48 Å². The average molecular weight is 514 g/mol. The summed E-state index contributed by atoms with van der Waals surface area (Å²) in [6.07, 6.45) is 29.6. The Morgan fingerprint density at radius 1 is 0.438 bits per heavy atom. The van der Waals surface area contributed by atoms with E-state index in [9.17, 15) is 0 Å². The van der Waals surface area contributed by atoms with Crippen LogP contribution in [0.15, 0.2) is 0 Å². The molecule has 0 atom stereocenters.